The Morgan fingerprint density at radius 2 is 1.79 bits per heavy atom. The minimum Gasteiger partial charge on any atom is -0.439 e. The van der Waals surface area contributed by atoms with Gasteiger partial charge in [0.15, 0.2) is 0 Å². The molecule has 3 heterocycles. The van der Waals surface area contributed by atoms with Crippen molar-refractivity contribution in [1.29, 1.82) is 0 Å². The number of hydrogen-bond donors (Lipinski definition) is 2. The maximum absolute atomic E-state index is 13.7. The first-order chi connectivity index (χ1) is 20.7. The molecule has 10 nitrogen and oxygen atoms in total. The van der Waals surface area contributed by atoms with Gasteiger partial charge in [-0.15, -0.1) is 0 Å². The van der Waals surface area contributed by atoms with Gasteiger partial charge in [-0.25, -0.2) is 14.6 Å². The van der Waals surface area contributed by atoms with Crippen LogP contribution in [0.15, 0.2) is 79.1 Å². The lowest BCUT2D eigenvalue weighted by Gasteiger charge is -2.26. The van der Waals surface area contributed by atoms with E-state index in [-0.39, 0.29) is 11.3 Å². The number of nitrogens with two attached hydrogens (primary N) is 1. The van der Waals surface area contributed by atoms with Crippen molar-refractivity contribution >= 4 is 28.3 Å². The van der Waals surface area contributed by atoms with Gasteiger partial charge in [0.05, 0.1) is 24.6 Å². The molecular weight excluding hydrogens is 542 g/mol. The van der Waals surface area contributed by atoms with Crippen LogP contribution in [-0.4, -0.2) is 56.9 Å². The zero-order chi connectivity index (χ0) is 30.0. The van der Waals surface area contributed by atoms with E-state index in [9.17, 15) is 4.79 Å². The van der Waals surface area contributed by atoms with Crippen LogP contribution in [0.25, 0.3) is 16.5 Å². The van der Waals surface area contributed by atoms with Gasteiger partial charge in [-0.05, 0) is 52.7 Å². The third-order valence-electron chi connectivity index (χ3n) is 7.39. The highest BCUT2D eigenvalue weighted by Crippen LogP contribution is 2.30. The second-order valence-electron chi connectivity index (χ2n) is 11.7. The molecule has 0 saturated carbocycles. The van der Waals surface area contributed by atoms with Crippen molar-refractivity contribution in [1.82, 2.24) is 24.6 Å². The number of carbonyl (C=O) groups is 1. The SMILES string of the molecule is CC(C)(C)c1cc(NC(=O)c2cccc3cc(Oc4cc(N)ncn4)ccc23)n(-c2ccc(CN3CCOCC3)cc2)n1. The van der Waals surface area contributed by atoms with Gasteiger partial charge < -0.3 is 20.5 Å². The lowest BCUT2D eigenvalue weighted by Crippen LogP contribution is -2.35. The zero-order valence-electron chi connectivity index (χ0n) is 24.6. The Morgan fingerprint density at radius 1 is 1.00 bits per heavy atom. The minimum absolute atomic E-state index is 0.203. The van der Waals surface area contributed by atoms with Gasteiger partial charge in [0.1, 0.15) is 23.7 Å². The van der Waals surface area contributed by atoms with Crippen LogP contribution in [0.2, 0.25) is 0 Å². The Kier molecular flexibility index (Phi) is 7.79. The summed E-state index contributed by atoms with van der Waals surface area (Å²) in [7, 11) is 0. The fourth-order valence-corrected chi connectivity index (χ4v) is 5.03. The van der Waals surface area contributed by atoms with E-state index >= 15 is 0 Å². The van der Waals surface area contributed by atoms with Gasteiger partial charge in [0.25, 0.3) is 5.91 Å². The number of morpholine rings is 1. The highest BCUT2D eigenvalue weighted by molar-refractivity contribution is 6.13. The third kappa shape index (κ3) is 6.50. The summed E-state index contributed by atoms with van der Waals surface area (Å²) >= 11 is 0. The maximum Gasteiger partial charge on any atom is 0.257 e. The van der Waals surface area contributed by atoms with E-state index in [1.54, 1.807) is 12.1 Å². The van der Waals surface area contributed by atoms with Crippen LogP contribution in [0.3, 0.4) is 0 Å². The summed E-state index contributed by atoms with van der Waals surface area (Å²) in [4.78, 5) is 24.1. The first-order valence-electron chi connectivity index (χ1n) is 14.3. The molecule has 0 aliphatic carbocycles. The molecule has 3 aromatic carbocycles. The molecule has 1 amide bonds. The summed E-state index contributed by atoms with van der Waals surface area (Å²) in [5.74, 6) is 1.62. The van der Waals surface area contributed by atoms with Crippen LogP contribution in [0.5, 0.6) is 11.6 Å². The highest BCUT2D eigenvalue weighted by atomic mass is 16.5. The quantitative estimate of drug-likeness (QED) is 0.258. The summed E-state index contributed by atoms with van der Waals surface area (Å²) in [5, 5.41) is 9.68. The minimum atomic E-state index is -0.228. The fourth-order valence-electron chi connectivity index (χ4n) is 5.03. The topological polar surface area (TPSA) is 120 Å². The van der Waals surface area contributed by atoms with E-state index < -0.39 is 0 Å². The van der Waals surface area contributed by atoms with Gasteiger partial charge in [-0.3, -0.25) is 9.69 Å². The number of nitrogens with one attached hydrogen (secondary N) is 1. The second kappa shape index (κ2) is 11.8. The third-order valence-corrected chi connectivity index (χ3v) is 7.39. The molecule has 5 aromatic rings. The van der Waals surface area contributed by atoms with Gasteiger partial charge in [-0.1, -0.05) is 45.0 Å². The molecule has 0 radical (unpaired) electrons. The molecule has 10 heteroatoms. The molecule has 6 rings (SSSR count). The van der Waals surface area contributed by atoms with Crippen molar-refractivity contribution < 1.29 is 14.3 Å². The van der Waals surface area contributed by atoms with E-state index in [1.165, 1.54) is 11.9 Å². The number of benzene rings is 3. The van der Waals surface area contributed by atoms with Crippen molar-refractivity contribution in [3.8, 4) is 17.3 Å². The molecule has 43 heavy (non-hydrogen) atoms. The molecule has 1 aliphatic heterocycles. The molecule has 220 valence electrons. The van der Waals surface area contributed by atoms with E-state index in [4.69, 9.17) is 20.3 Å². The van der Waals surface area contributed by atoms with Crippen molar-refractivity contribution in [3.63, 3.8) is 0 Å². The normalized spacial score (nSPS) is 14.1. The van der Waals surface area contributed by atoms with Crippen molar-refractivity contribution in [2.24, 2.45) is 0 Å². The number of amides is 1. The summed E-state index contributed by atoms with van der Waals surface area (Å²) in [6.07, 6.45) is 1.35. The van der Waals surface area contributed by atoms with Crippen LogP contribution in [0.4, 0.5) is 11.6 Å². The lowest BCUT2D eigenvalue weighted by molar-refractivity contribution is 0.0342. The Morgan fingerprint density at radius 3 is 2.53 bits per heavy atom. The molecule has 0 atom stereocenters. The molecule has 0 bridgehead atoms. The number of fused-ring (bicyclic) bond motifs is 1. The first-order valence-corrected chi connectivity index (χ1v) is 14.3. The van der Waals surface area contributed by atoms with Gasteiger partial charge in [0.2, 0.25) is 5.88 Å². The van der Waals surface area contributed by atoms with E-state index in [2.05, 4.69) is 65.2 Å². The van der Waals surface area contributed by atoms with Crippen molar-refractivity contribution in [2.75, 3.05) is 37.4 Å². The standard InChI is InChI=1S/C33H35N7O3/c1-33(2,3)28-18-30(40(38-28)24-9-7-22(8-10-24)20-39-13-15-42-16-14-39)37-32(41)27-6-4-5-23-17-25(11-12-26(23)27)43-31-19-29(34)35-21-36-31/h4-12,17-19,21H,13-16,20H2,1-3H3,(H,37,41)(H2,34,35,36). The Hall–Kier alpha value is -4.80. The number of nitrogen functional groups attached to an aromatic ring is 1. The van der Waals surface area contributed by atoms with E-state index in [0.29, 0.717) is 28.8 Å². The molecule has 0 spiro atoms. The summed E-state index contributed by atoms with van der Waals surface area (Å²) < 4.78 is 13.1. The first kappa shape index (κ1) is 28.3. The molecule has 0 unspecified atom stereocenters. The van der Waals surface area contributed by atoms with Gasteiger partial charge in [-0.2, -0.15) is 5.10 Å². The average Bonchev–Trinajstić information content (AvgIpc) is 3.42. The molecule has 1 fully saturated rings. The molecule has 3 N–H and O–H groups in total. The van der Waals surface area contributed by atoms with Crippen LogP contribution >= 0.6 is 0 Å². The predicted octanol–water partition coefficient (Wildman–Crippen LogP) is 5.57. The largest absolute Gasteiger partial charge is 0.439 e. The number of rotatable bonds is 7. The number of ether oxygens (including phenoxy) is 2. The number of carbonyl (C=O) groups excluding carboxylic acids is 1. The molecular formula is C33H35N7O3. The maximum atomic E-state index is 13.7. The Labute approximate surface area is 250 Å². The zero-order valence-corrected chi connectivity index (χ0v) is 24.6. The van der Waals surface area contributed by atoms with Crippen LogP contribution < -0.4 is 15.8 Å². The van der Waals surface area contributed by atoms with Crippen LogP contribution in [0, 0.1) is 0 Å². The smallest absolute Gasteiger partial charge is 0.257 e. The molecule has 2 aromatic heterocycles. The lowest BCUT2D eigenvalue weighted by atomic mass is 9.92. The molecule has 1 aliphatic rings. The Balaban J connectivity index is 1.26. The molecule has 1 saturated heterocycles. The fraction of sp³-hybridized carbons (Fsp3) is 0.273. The summed E-state index contributed by atoms with van der Waals surface area (Å²) in [6, 6.07) is 23.0. The predicted molar refractivity (Wildman–Crippen MR) is 167 cm³/mol. The number of aromatic nitrogens is 4. The second-order valence-corrected chi connectivity index (χ2v) is 11.7. The number of anilines is 2. The average molecular weight is 578 g/mol. The summed E-state index contributed by atoms with van der Waals surface area (Å²) in [6.45, 7) is 10.6. The van der Waals surface area contributed by atoms with Gasteiger partial charge in [0, 0.05) is 42.7 Å². The monoisotopic (exact) mass is 577 g/mol. The van der Waals surface area contributed by atoms with Crippen LogP contribution in [0.1, 0.15) is 42.4 Å². The summed E-state index contributed by atoms with van der Waals surface area (Å²) in [5.41, 5.74) is 9.07. The van der Waals surface area contributed by atoms with Crippen molar-refractivity contribution in [2.45, 2.75) is 32.7 Å². The van der Waals surface area contributed by atoms with Crippen molar-refractivity contribution in [3.05, 3.63) is 95.9 Å². The van der Waals surface area contributed by atoms with Gasteiger partial charge >= 0.3 is 0 Å². The highest BCUT2D eigenvalue weighted by Gasteiger charge is 2.22. The van der Waals surface area contributed by atoms with Crippen LogP contribution in [-0.2, 0) is 16.7 Å². The Bertz CT molecular complexity index is 1750. The number of nitrogens with zero attached hydrogens (tertiary/aromatic N) is 5. The van der Waals surface area contributed by atoms with E-state index in [0.717, 1.165) is 55.0 Å². The van der Waals surface area contributed by atoms with E-state index in [1.807, 2.05) is 41.1 Å². The number of hydrogen-bond acceptors (Lipinski definition) is 8.